The fourth-order valence-electron chi connectivity index (χ4n) is 2.22. The van der Waals surface area contributed by atoms with Gasteiger partial charge in [0.25, 0.3) is 5.91 Å². The number of hydrogen-bond acceptors (Lipinski definition) is 3. The fraction of sp³-hybridized carbons (Fsp3) is 0.286. The van der Waals surface area contributed by atoms with Crippen molar-refractivity contribution in [1.82, 2.24) is 5.32 Å². The molecule has 2 aromatic rings. The number of para-hydroxylation sites is 1. The van der Waals surface area contributed by atoms with Crippen molar-refractivity contribution < 1.29 is 14.3 Å². The molecule has 1 N–H and O–H groups in total. The molecular weight excluding hydrogens is 314 g/mol. The average molecular weight is 339 g/mol. The first-order valence-electron chi connectivity index (χ1n) is 8.32. The Morgan fingerprint density at radius 1 is 1.16 bits per heavy atom. The van der Waals surface area contributed by atoms with Gasteiger partial charge in [0.15, 0.2) is 0 Å². The average Bonchev–Trinajstić information content (AvgIpc) is 2.59. The molecule has 2 rings (SSSR count). The quantitative estimate of drug-likeness (QED) is 0.735. The smallest absolute Gasteiger partial charge is 0.251 e. The number of carbonyl (C=O) groups excluding carboxylic acids is 1. The molecule has 0 radical (unpaired) electrons. The Balaban J connectivity index is 1.89. The second kappa shape index (κ2) is 8.92. The summed E-state index contributed by atoms with van der Waals surface area (Å²) in [5.41, 5.74) is 2.56. The second-order valence-electron chi connectivity index (χ2n) is 6.22. The predicted octanol–water partition coefficient (Wildman–Crippen LogP) is 4.15. The third kappa shape index (κ3) is 5.99. The number of amides is 1. The molecule has 0 aliphatic carbocycles. The highest BCUT2D eigenvalue weighted by molar-refractivity contribution is 5.94. The van der Waals surface area contributed by atoms with Crippen molar-refractivity contribution in [2.75, 3.05) is 13.2 Å². The van der Waals surface area contributed by atoms with E-state index in [0.717, 1.165) is 16.9 Å². The van der Waals surface area contributed by atoms with E-state index in [1.165, 1.54) is 0 Å². The van der Waals surface area contributed by atoms with E-state index in [2.05, 4.69) is 11.9 Å². The summed E-state index contributed by atoms with van der Waals surface area (Å²) in [6.07, 6.45) is 0. The Hall–Kier alpha value is -2.75. The van der Waals surface area contributed by atoms with E-state index in [0.29, 0.717) is 24.5 Å². The summed E-state index contributed by atoms with van der Waals surface area (Å²) >= 11 is 0. The topological polar surface area (TPSA) is 47.6 Å². The van der Waals surface area contributed by atoms with E-state index in [-0.39, 0.29) is 11.9 Å². The van der Waals surface area contributed by atoms with E-state index in [1.807, 2.05) is 51.1 Å². The molecule has 0 heterocycles. The van der Waals surface area contributed by atoms with Crippen LogP contribution in [0.25, 0.3) is 0 Å². The van der Waals surface area contributed by atoms with Gasteiger partial charge in [-0.1, -0.05) is 30.8 Å². The van der Waals surface area contributed by atoms with Crippen molar-refractivity contribution >= 4 is 5.91 Å². The normalized spacial score (nSPS) is 11.5. The SMILES string of the molecule is C=C(C)COc1cccc(C(=O)NC(C)COc2ccccc2C)c1. The highest BCUT2D eigenvalue weighted by Gasteiger charge is 2.11. The van der Waals surface area contributed by atoms with Gasteiger partial charge >= 0.3 is 0 Å². The molecule has 132 valence electrons. The van der Waals surface area contributed by atoms with Crippen molar-refractivity contribution in [3.63, 3.8) is 0 Å². The standard InChI is InChI=1S/C21H25NO3/c1-15(2)13-24-19-10-7-9-18(12-19)21(23)22-17(4)14-25-20-11-6-5-8-16(20)3/h5-12,17H,1,13-14H2,2-4H3,(H,22,23). The van der Waals surface area contributed by atoms with Crippen LogP contribution in [0.4, 0.5) is 0 Å². The molecule has 2 aromatic carbocycles. The van der Waals surface area contributed by atoms with Crippen LogP contribution in [0.1, 0.15) is 29.8 Å². The van der Waals surface area contributed by atoms with Crippen molar-refractivity contribution in [2.45, 2.75) is 26.8 Å². The fourth-order valence-corrected chi connectivity index (χ4v) is 2.22. The molecule has 0 spiro atoms. The number of rotatable bonds is 8. The third-order valence-corrected chi connectivity index (χ3v) is 3.54. The molecule has 0 saturated heterocycles. The zero-order valence-corrected chi connectivity index (χ0v) is 15.0. The van der Waals surface area contributed by atoms with Crippen LogP contribution in [-0.4, -0.2) is 25.2 Å². The highest BCUT2D eigenvalue weighted by atomic mass is 16.5. The summed E-state index contributed by atoms with van der Waals surface area (Å²) < 4.78 is 11.4. The first kappa shape index (κ1) is 18.6. The van der Waals surface area contributed by atoms with Gasteiger partial charge in [-0.25, -0.2) is 0 Å². The molecule has 4 heteroatoms. The molecular formula is C21H25NO3. The van der Waals surface area contributed by atoms with Gasteiger partial charge in [0, 0.05) is 5.56 Å². The Kier molecular flexibility index (Phi) is 6.63. The summed E-state index contributed by atoms with van der Waals surface area (Å²) in [6.45, 7) is 10.4. The number of benzene rings is 2. The molecule has 25 heavy (non-hydrogen) atoms. The largest absolute Gasteiger partial charge is 0.491 e. The minimum atomic E-state index is -0.151. The molecule has 0 bridgehead atoms. The third-order valence-electron chi connectivity index (χ3n) is 3.54. The first-order valence-corrected chi connectivity index (χ1v) is 8.32. The minimum Gasteiger partial charge on any atom is -0.491 e. The number of carbonyl (C=O) groups is 1. The van der Waals surface area contributed by atoms with E-state index in [9.17, 15) is 4.79 Å². The summed E-state index contributed by atoms with van der Waals surface area (Å²) in [7, 11) is 0. The molecule has 1 atom stereocenters. The summed E-state index contributed by atoms with van der Waals surface area (Å²) in [5.74, 6) is 1.33. The zero-order chi connectivity index (χ0) is 18.2. The summed E-state index contributed by atoms with van der Waals surface area (Å²) in [4.78, 5) is 12.4. The van der Waals surface area contributed by atoms with Gasteiger partial charge in [0.2, 0.25) is 0 Å². The van der Waals surface area contributed by atoms with E-state index < -0.39 is 0 Å². The summed E-state index contributed by atoms with van der Waals surface area (Å²) in [6, 6.07) is 14.8. The van der Waals surface area contributed by atoms with E-state index >= 15 is 0 Å². The molecule has 0 aromatic heterocycles. The monoisotopic (exact) mass is 339 g/mol. The van der Waals surface area contributed by atoms with Crippen LogP contribution in [0.5, 0.6) is 11.5 Å². The maximum absolute atomic E-state index is 12.4. The molecule has 0 aliphatic rings. The Morgan fingerprint density at radius 3 is 2.64 bits per heavy atom. The molecule has 0 saturated carbocycles. The maximum Gasteiger partial charge on any atom is 0.251 e. The maximum atomic E-state index is 12.4. The minimum absolute atomic E-state index is 0.118. The van der Waals surface area contributed by atoms with Crippen LogP contribution in [0.2, 0.25) is 0 Å². The van der Waals surface area contributed by atoms with Gasteiger partial charge in [0.1, 0.15) is 24.7 Å². The van der Waals surface area contributed by atoms with Gasteiger partial charge in [-0.2, -0.15) is 0 Å². The Morgan fingerprint density at radius 2 is 1.92 bits per heavy atom. The molecule has 4 nitrogen and oxygen atoms in total. The first-order chi connectivity index (χ1) is 12.0. The lowest BCUT2D eigenvalue weighted by atomic mass is 10.2. The Labute approximate surface area is 149 Å². The number of nitrogens with one attached hydrogen (secondary N) is 1. The van der Waals surface area contributed by atoms with Crippen LogP contribution in [0.3, 0.4) is 0 Å². The van der Waals surface area contributed by atoms with Crippen LogP contribution in [0.15, 0.2) is 60.7 Å². The van der Waals surface area contributed by atoms with Crippen molar-refractivity contribution in [3.05, 3.63) is 71.8 Å². The van der Waals surface area contributed by atoms with Crippen LogP contribution in [-0.2, 0) is 0 Å². The van der Waals surface area contributed by atoms with Gasteiger partial charge in [-0.15, -0.1) is 0 Å². The molecule has 1 unspecified atom stereocenters. The second-order valence-corrected chi connectivity index (χ2v) is 6.22. The zero-order valence-electron chi connectivity index (χ0n) is 15.0. The van der Waals surface area contributed by atoms with E-state index in [1.54, 1.807) is 18.2 Å². The predicted molar refractivity (Wildman–Crippen MR) is 100 cm³/mol. The van der Waals surface area contributed by atoms with Gasteiger partial charge in [0.05, 0.1) is 6.04 Å². The summed E-state index contributed by atoms with van der Waals surface area (Å²) in [5, 5.41) is 2.94. The van der Waals surface area contributed by atoms with Gasteiger partial charge < -0.3 is 14.8 Å². The lowest BCUT2D eigenvalue weighted by Crippen LogP contribution is -2.36. The Bertz CT molecular complexity index is 739. The number of aryl methyl sites for hydroxylation is 1. The highest BCUT2D eigenvalue weighted by Crippen LogP contribution is 2.17. The van der Waals surface area contributed by atoms with Crippen LogP contribution in [0, 0.1) is 6.92 Å². The molecule has 0 fully saturated rings. The number of ether oxygens (including phenoxy) is 2. The lowest BCUT2D eigenvalue weighted by Gasteiger charge is -2.16. The van der Waals surface area contributed by atoms with Crippen LogP contribution < -0.4 is 14.8 Å². The van der Waals surface area contributed by atoms with Crippen molar-refractivity contribution in [1.29, 1.82) is 0 Å². The van der Waals surface area contributed by atoms with Gasteiger partial charge in [-0.3, -0.25) is 4.79 Å². The van der Waals surface area contributed by atoms with Crippen molar-refractivity contribution in [2.24, 2.45) is 0 Å². The lowest BCUT2D eigenvalue weighted by molar-refractivity contribution is 0.0926. The molecule has 1 amide bonds. The number of hydrogen-bond donors (Lipinski definition) is 1. The van der Waals surface area contributed by atoms with Crippen LogP contribution >= 0.6 is 0 Å². The van der Waals surface area contributed by atoms with E-state index in [4.69, 9.17) is 9.47 Å². The van der Waals surface area contributed by atoms with Gasteiger partial charge in [-0.05, 0) is 56.2 Å². The van der Waals surface area contributed by atoms with Crippen molar-refractivity contribution in [3.8, 4) is 11.5 Å². The molecule has 0 aliphatic heterocycles.